The Balaban J connectivity index is 1.59. The van der Waals surface area contributed by atoms with Crippen LogP contribution < -0.4 is 0 Å². The number of aliphatic hydroxyl groups is 2. The first-order chi connectivity index (χ1) is 17.5. The summed E-state index contributed by atoms with van der Waals surface area (Å²) in [5.41, 5.74) is 0.627. The van der Waals surface area contributed by atoms with Crippen LogP contribution in [0.4, 0.5) is 0 Å². The molecule has 1 heterocycles. The lowest BCUT2D eigenvalue weighted by Gasteiger charge is -2.27. The van der Waals surface area contributed by atoms with Gasteiger partial charge in [0.15, 0.2) is 24.6 Å². The Morgan fingerprint density at radius 1 is 0.694 bits per heavy atom. The second-order valence-corrected chi connectivity index (χ2v) is 7.96. The number of benzene rings is 3. The summed E-state index contributed by atoms with van der Waals surface area (Å²) in [6.45, 7) is -0.714. The first kappa shape index (κ1) is 25.1. The van der Waals surface area contributed by atoms with E-state index >= 15 is 0 Å². The van der Waals surface area contributed by atoms with Crippen molar-refractivity contribution in [3.63, 3.8) is 0 Å². The van der Waals surface area contributed by atoms with Gasteiger partial charge in [-0.2, -0.15) is 0 Å². The number of carbonyl (C=O) groups excluding carboxylic acids is 3. The highest BCUT2D eigenvalue weighted by Crippen LogP contribution is 2.30. The zero-order chi connectivity index (χ0) is 25.5. The molecule has 186 valence electrons. The third-order valence-electron chi connectivity index (χ3n) is 5.54. The molecule has 0 amide bonds. The van der Waals surface area contributed by atoms with E-state index in [9.17, 15) is 24.6 Å². The van der Waals surface area contributed by atoms with Gasteiger partial charge in [0.25, 0.3) is 0 Å². The van der Waals surface area contributed by atoms with Gasteiger partial charge < -0.3 is 29.2 Å². The molecule has 3 aromatic rings. The fourth-order valence-electron chi connectivity index (χ4n) is 3.74. The molecule has 0 aliphatic carbocycles. The fraction of sp³-hybridized carbons (Fsp3) is 0.222. The molecule has 1 saturated heterocycles. The molecule has 0 spiro atoms. The van der Waals surface area contributed by atoms with Gasteiger partial charge in [-0.25, -0.2) is 14.4 Å². The van der Waals surface area contributed by atoms with Crippen LogP contribution in [0.1, 0.15) is 31.1 Å². The highest BCUT2D eigenvalue weighted by Gasteiger charge is 2.53. The highest BCUT2D eigenvalue weighted by atomic mass is 16.7. The smallest absolute Gasteiger partial charge is 0.338 e. The number of hydrogen-bond acceptors (Lipinski definition) is 9. The summed E-state index contributed by atoms with van der Waals surface area (Å²) in [6, 6.07) is 24.1. The monoisotopic (exact) mass is 492 g/mol. The lowest BCUT2D eigenvalue weighted by atomic mass is 10.0. The summed E-state index contributed by atoms with van der Waals surface area (Å²) in [5.74, 6) is -2.33. The average Bonchev–Trinajstić information content (AvgIpc) is 3.22. The Hall–Kier alpha value is -4.05. The predicted octanol–water partition coefficient (Wildman–Crippen LogP) is 2.37. The number of aliphatic hydroxyl groups excluding tert-OH is 2. The van der Waals surface area contributed by atoms with E-state index in [-0.39, 0.29) is 16.7 Å². The van der Waals surface area contributed by atoms with Crippen LogP contribution >= 0.6 is 0 Å². The van der Waals surface area contributed by atoms with Crippen molar-refractivity contribution in [2.24, 2.45) is 0 Å². The molecule has 0 aromatic heterocycles. The number of carbonyl (C=O) groups is 3. The van der Waals surface area contributed by atoms with Crippen LogP contribution in [0.5, 0.6) is 0 Å². The van der Waals surface area contributed by atoms with Crippen molar-refractivity contribution in [1.29, 1.82) is 0 Å². The highest BCUT2D eigenvalue weighted by molar-refractivity contribution is 5.91. The fourth-order valence-corrected chi connectivity index (χ4v) is 3.74. The Morgan fingerprint density at radius 2 is 1.11 bits per heavy atom. The summed E-state index contributed by atoms with van der Waals surface area (Å²) in [6.07, 6.45) is -7.26. The van der Waals surface area contributed by atoms with Gasteiger partial charge in [0.1, 0.15) is 6.10 Å². The van der Waals surface area contributed by atoms with Gasteiger partial charge >= 0.3 is 17.9 Å². The minimum atomic E-state index is -1.72. The minimum Gasteiger partial charge on any atom is -0.453 e. The molecule has 0 radical (unpaired) electrons. The first-order valence-electron chi connectivity index (χ1n) is 11.2. The standard InChI is InChI=1S/C27H24O9/c28-16-20(33-24(29)17-10-4-1-5-11-17)21-22(35-25(30)18-12-6-2-7-13-18)23(27(32)34-21)36-26(31)19-14-8-3-9-15-19/h1-15,20-23,27-28,32H,16H2/t20-,21-,22+,23-,27?/m0/s1. The zero-order valence-electron chi connectivity index (χ0n) is 19.0. The molecule has 3 aromatic carbocycles. The van der Waals surface area contributed by atoms with E-state index in [1.165, 1.54) is 36.4 Å². The van der Waals surface area contributed by atoms with Crippen molar-refractivity contribution >= 4 is 17.9 Å². The van der Waals surface area contributed by atoms with E-state index < -0.39 is 55.2 Å². The third-order valence-corrected chi connectivity index (χ3v) is 5.54. The molecule has 1 fully saturated rings. The molecular formula is C27H24O9. The van der Waals surface area contributed by atoms with Crippen LogP contribution in [0.15, 0.2) is 91.0 Å². The average molecular weight is 492 g/mol. The number of hydrogen-bond donors (Lipinski definition) is 2. The molecule has 5 atom stereocenters. The Morgan fingerprint density at radius 3 is 1.56 bits per heavy atom. The van der Waals surface area contributed by atoms with Crippen molar-refractivity contribution < 1.29 is 43.5 Å². The molecule has 1 aliphatic heterocycles. The van der Waals surface area contributed by atoms with E-state index in [2.05, 4.69) is 0 Å². The molecule has 0 bridgehead atoms. The Kier molecular flexibility index (Phi) is 8.06. The number of rotatable bonds is 8. The maximum absolute atomic E-state index is 12.8. The number of ether oxygens (including phenoxy) is 4. The van der Waals surface area contributed by atoms with E-state index in [0.29, 0.717) is 0 Å². The zero-order valence-corrected chi connectivity index (χ0v) is 19.0. The minimum absolute atomic E-state index is 0.201. The van der Waals surface area contributed by atoms with Crippen LogP contribution in [-0.4, -0.2) is 65.4 Å². The van der Waals surface area contributed by atoms with Gasteiger partial charge in [0.2, 0.25) is 0 Å². The topological polar surface area (TPSA) is 129 Å². The van der Waals surface area contributed by atoms with E-state index in [0.717, 1.165) is 0 Å². The van der Waals surface area contributed by atoms with Crippen molar-refractivity contribution in [2.45, 2.75) is 30.7 Å². The normalized spacial score (nSPS) is 21.8. The second-order valence-electron chi connectivity index (χ2n) is 7.96. The van der Waals surface area contributed by atoms with Crippen LogP contribution in [0.3, 0.4) is 0 Å². The lowest BCUT2D eigenvalue weighted by molar-refractivity contribution is -0.152. The number of esters is 3. The molecule has 36 heavy (non-hydrogen) atoms. The van der Waals surface area contributed by atoms with Gasteiger partial charge in [0.05, 0.1) is 23.3 Å². The lowest BCUT2D eigenvalue weighted by Crippen LogP contribution is -2.46. The van der Waals surface area contributed by atoms with Crippen LogP contribution in [0.2, 0.25) is 0 Å². The maximum Gasteiger partial charge on any atom is 0.338 e. The van der Waals surface area contributed by atoms with Gasteiger partial charge in [-0.3, -0.25) is 0 Å². The molecular weight excluding hydrogens is 468 g/mol. The van der Waals surface area contributed by atoms with Gasteiger partial charge in [-0.1, -0.05) is 54.6 Å². The van der Waals surface area contributed by atoms with Gasteiger partial charge in [-0.05, 0) is 36.4 Å². The maximum atomic E-state index is 12.8. The Bertz CT molecular complexity index is 1170. The summed E-state index contributed by atoms with van der Waals surface area (Å²) in [4.78, 5) is 38.1. The molecule has 1 aliphatic rings. The molecule has 1 unspecified atom stereocenters. The molecule has 9 heteroatoms. The first-order valence-corrected chi connectivity index (χ1v) is 11.2. The third kappa shape index (κ3) is 5.77. The molecule has 0 saturated carbocycles. The van der Waals surface area contributed by atoms with Crippen LogP contribution in [0, 0.1) is 0 Å². The van der Waals surface area contributed by atoms with Crippen molar-refractivity contribution in [3.05, 3.63) is 108 Å². The summed E-state index contributed by atoms with van der Waals surface area (Å²) in [7, 11) is 0. The van der Waals surface area contributed by atoms with Gasteiger partial charge in [-0.15, -0.1) is 0 Å². The SMILES string of the molecule is O=C(O[C@@H]1[C@H]([C@H](CO)OC(=O)c2ccccc2)OC(O)[C@H]1OC(=O)c1ccccc1)c1ccccc1. The summed E-state index contributed by atoms with van der Waals surface area (Å²) >= 11 is 0. The van der Waals surface area contributed by atoms with Crippen molar-refractivity contribution in [3.8, 4) is 0 Å². The van der Waals surface area contributed by atoms with E-state index in [1.54, 1.807) is 54.6 Å². The van der Waals surface area contributed by atoms with Crippen molar-refractivity contribution in [1.82, 2.24) is 0 Å². The summed E-state index contributed by atoms with van der Waals surface area (Å²) in [5, 5.41) is 20.6. The van der Waals surface area contributed by atoms with Crippen molar-refractivity contribution in [2.75, 3.05) is 6.61 Å². The van der Waals surface area contributed by atoms with Crippen LogP contribution in [0.25, 0.3) is 0 Å². The quantitative estimate of drug-likeness (QED) is 0.360. The summed E-state index contributed by atoms with van der Waals surface area (Å²) < 4.78 is 22.0. The molecule has 4 rings (SSSR count). The molecule has 2 N–H and O–H groups in total. The largest absolute Gasteiger partial charge is 0.453 e. The Labute approximate surface area is 206 Å². The second kappa shape index (κ2) is 11.6. The van der Waals surface area contributed by atoms with E-state index in [4.69, 9.17) is 18.9 Å². The van der Waals surface area contributed by atoms with Gasteiger partial charge in [0, 0.05) is 0 Å². The molecule has 9 nitrogen and oxygen atoms in total. The predicted molar refractivity (Wildman–Crippen MR) is 125 cm³/mol. The van der Waals surface area contributed by atoms with Crippen LogP contribution in [-0.2, 0) is 18.9 Å². The van der Waals surface area contributed by atoms with E-state index in [1.807, 2.05) is 0 Å².